The minimum atomic E-state index is -2.43. The Balaban J connectivity index is 2.70. The van der Waals surface area contributed by atoms with E-state index in [1.165, 1.54) is 0 Å². The summed E-state index contributed by atoms with van der Waals surface area (Å²) in [6.07, 6.45) is 0.148. The molecule has 1 aromatic rings. The first-order valence-electron chi connectivity index (χ1n) is 4.05. The topological polar surface area (TPSA) is 77.8 Å². The van der Waals surface area contributed by atoms with Gasteiger partial charge in [-0.25, -0.2) is 0 Å². The lowest BCUT2D eigenvalue weighted by Crippen LogP contribution is -2.20. The lowest BCUT2D eigenvalue weighted by atomic mass is 10.1. The Labute approximate surface area is 82.7 Å². The van der Waals surface area contributed by atoms with Crippen LogP contribution in [-0.2, 0) is 11.2 Å². The molecule has 0 aliphatic rings. The van der Waals surface area contributed by atoms with Crippen LogP contribution in [0, 0.1) is 0 Å². The van der Waals surface area contributed by atoms with Crippen molar-refractivity contribution >= 4 is 14.3 Å². The van der Waals surface area contributed by atoms with Crippen molar-refractivity contribution in [3.05, 3.63) is 35.9 Å². The third-order valence-corrected chi connectivity index (χ3v) is 2.80. The second-order valence-electron chi connectivity index (χ2n) is 2.86. The van der Waals surface area contributed by atoms with Gasteiger partial charge < -0.3 is 14.9 Å². The maximum Gasteiger partial charge on any atom is 0.315 e. The van der Waals surface area contributed by atoms with Crippen molar-refractivity contribution in [3.8, 4) is 0 Å². The van der Waals surface area contributed by atoms with Crippen molar-refractivity contribution in [2.24, 2.45) is 0 Å². The van der Waals surface area contributed by atoms with Crippen LogP contribution < -0.4 is 0 Å². The predicted molar refractivity (Wildman–Crippen MR) is 52.9 cm³/mol. The van der Waals surface area contributed by atoms with Gasteiger partial charge in [-0.3, -0.25) is 4.79 Å². The highest BCUT2D eigenvalue weighted by Crippen LogP contribution is 2.33. The van der Waals surface area contributed by atoms with Crippen molar-refractivity contribution in [3.63, 3.8) is 0 Å². The van der Waals surface area contributed by atoms with Crippen LogP contribution in [0.1, 0.15) is 5.56 Å². The van der Waals surface area contributed by atoms with Crippen LogP contribution in [0.4, 0.5) is 0 Å². The first-order chi connectivity index (χ1) is 6.61. The highest BCUT2D eigenvalue weighted by molar-refractivity contribution is 7.47. The summed E-state index contributed by atoms with van der Waals surface area (Å²) in [6.45, 7) is 0. The van der Waals surface area contributed by atoms with Crippen molar-refractivity contribution in [1.29, 1.82) is 0 Å². The van der Waals surface area contributed by atoms with Crippen molar-refractivity contribution in [2.75, 3.05) is 0 Å². The molecule has 0 saturated heterocycles. The molecule has 0 heterocycles. The number of carbonyl (C=O) groups is 1. The largest absolute Gasteiger partial charge is 0.481 e. The highest BCUT2D eigenvalue weighted by atomic mass is 31.2. The average molecular weight is 214 g/mol. The lowest BCUT2D eigenvalue weighted by Gasteiger charge is -2.12. The van der Waals surface area contributed by atoms with Gasteiger partial charge in [0.25, 0.3) is 0 Å². The molecule has 3 N–H and O–H groups in total. The minimum absolute atomic E-state index is 0.148. The molecule has 0 saturated carbocycles. The van der Waals surface area contributed by atoms with E-state index >= 15 is 0 Å². The molecule has 5 heteroatoms. The van der Waals surface area contributed by atoms with Gasteiger partial charge in [-0.15, -0.1) is 0 Å². The van der Waals surface area contributed by atoms with E-state index < -0.39 is 20.0 Å². The number of rotatable bonds is 4. The second-order valence-corrected chi connectivity index (χ2v) is 4.13. The molecule has 0 spiro atoms. The van der Waals surface area contributed by atoms with Crippen LogP contribution in [0.3, 0.4) is 0 Å². The number of benzene rings is 1. The molecule has 4 nitrogen and oxygen atoms in total. The van der Waals surface area contributed by atoms with E-state index in [4.69, 9.17) is 14.9 Å². The molecule has 0 aliphatic carbocycles. The molecule has 14 heavy (non-hydrogen) atoms. The smallest absolute Gasteiger partial charge is 0.315 e. The van der Waals surface area contributed by atoms with Crippen LogP contribution in [0.2, 0.25) is 0 Å². The van der Waals surface area contributed by atoms with Gasteiger partial charge in [0.1, 0.15) is 5.66 Å². The molecule has 76 valence electrons. The van der Waals surface area contributed by atoms with Gasteiger partial charge in [-0.1, -0.05) is 30.3 Å². The van der Waals surface area contributed by atoms with Crippen molar-refractivity contribution < 1.29 is 19.7 Å². The van der Waals surface area contributed by atoms with Gasteiger partial charge in [-0.2, -0.15) is 0 Å². The fourth-order valence-electron chi connectivity index (χ4n) is 1.11. The van der Waals surface area contributed by atoms with Gasteiger partial charge in [0.15, 0.2) is 8.38 Å². The monoisotopic (exact) mass is 214 g/mol. The second kappa shape index (κ2) is 5.05. The molecule has 0 bridgehead atoms. The summed E-state index contributed by atoms with van der Waals surface area (Å²) in [6, 6.07) is 8.90. The normalized spacial score (nSPS) is 12.8. The van der Waals surface area contributed by atoms with Crippen molar-refractivity contribution in [1.82, 2.24) is 0 Å². The molecule has 0 radical (unpaired) electrons. The van der Waals surface area contributed by atoms with Crippen LogP contribution in [0.5, 0.6) is 0 Å². The number of hydrogen-bond acceptors (Lipinski definition) is 3. The zero-order valence-electron chi connectivity index (χ0n) is 7.37. The third-order valence-electron chi connectivity index (χ3n) is 1.84. The molecule has 0 aromatic heterocycles. The van der Waals surface area contributed by atoms with Crippen LogP contribution >= 0.6 is 8.38 Å². The van der Waals surface area contributed by atoms with E-state index in [0.717, 1.165) is 5.56 Å². The lowest BCUT2D eigenvalue weighted by molar-refractivity contribution is -0.136. The van der Waals surface area contributed by atoms with Crippen LogP contribution in [-0.4, -0.2) is 26.5 Å². The Morgan fingerprint density at radius 1 is 1.29 bits per heavy atom. The standard InChI is InChI=1S/C9H11O4P/c10-9(11)8(14(12)13)6-7-4-2-1-3-5-7/h1-5,8,12-13H,6H2,(H,10,11). The van der Waals surface area contributed by atoms with E-state index in [0.29, 0.717) is 0 Å². The van der Waals surface area contributed by atoms with Crippen LogP contribution in [0.15, 0.2) is 30.3 Å². The zero-order chi connectivity index (χ0) is 10.6. The highest BCUT2D eigenvalue weighted by Gasteiger charge is 2.25. The van der Waals surface area contributed by atoms with Gasteiger partial charge in [0.05, 0.1) is 0 Å². The molecule has 1 rings (SSSR count). The molecular weight excluding hydrogens is 203 g/mol. The van der Waals surface area contributed by atoms with Gasteiger partial charge in [0, 0.05) is 0 Å². The Morgan fingerprint density at radius 3 is 2.29 bits per heavy atom. The predicted octanol–water partition coefficient (Wildman–Crippen LogP) is 0.979. The van der Waals surface area contributed by atoms with Gasteiger partial charge >= 0.3 is 5.97 Å². The summed E-state index contributed by atoms with van der Waals surface area (Å²) in [4.78, 5) is 28.4. The SMILES string of the molecule is O=C(O)C(Cc1ccccc1)P(O)O. The first-order valence-corrected chi connectivity index (χ1v) is 5.36. The summed E-state index contributed by atoms with van der Waals surface area (Å²) >= 11 is 0. The molecule has 0 amide bonds. The molecule has 1 unspecified atom stereocenters. The number of hydrogen-bond donors (Lipinski definition) is 3. The maximum atomic E-state index is 10.6. The summed E-state index contributed by atoms with van der Waals surface area (Å²) in [7, 11) is -2.43. The summed E-state index contributed by atoms with van der Waals surface area (Å²) in [5.41, 5.74) is -0.317. The zero-order valence-corrected chi connectivity index (χ0v) is 8.26. The van der Waals surface area contributed by atoms with Gasteiger partial charge in [0.2, 0.25) is 0 Å². The van der Waals surface area contributed by atoms with Crippen molar-refractivity contribution in [2.45, 2.75) is 12.1 Å². The number of carboxylic acids is 1. The Morgan fingerprint density at radius 2 is 1.86 bits per heavy atom. The fourth-order valence-corrected chi connectivity index (χ4v) is 1.68. The molecule has 0 fully saturated rings. The Kier molecular flexibility index (Phi) is 4.01. The van der Waals surface area contributed by atoms with E-state index in [9.17, 15) is 4.79 Å². The first kappa shape index (κ1) is 11.1. The average Bonchev–Trinajstić information content (AvgIpc) is 2.15. The number of aliphatic carboxylic acids is 1. The summed E-state index contributed by atoms with van der Waals surface area (Å²) in [5, 5.41) is 8.70. The Bertz CT molecular complexity index is 299. The number of carboxylic acid groups (broad SMARTS) is 1. The van der Waals surface area contributed by atoms with E-state index in [1.807, 2.05) is 6.07 Å². The molecule has 1 atom stereocenters. The maximum absolute atomic E-state index is 10.6. The summed E-state index contributed by atoms with van der Waals surface area (Å²) in [5.74, 6) is -1.18. The van der Waals surface area contributed by atoms with Crippen LogP contribution in [0.25, 0.3) is 0 Å². The summed E-state index contributed by atoms with van der Waals surface area (Å²) < 4.78 is 0. The third kappa shape index (κ3) is 3.07. The molecular formula is C9H11O4P. The molecule has 0 aliphatic heterocycles. The van der Waals surface area contributed by atoms with E-state index in [1.54, 1.807) is 24.3 Å². The quantitative estimate of drug-likeness (QED) is 0.653. The van der Waals surface area contributed by atoms with Gasteiger partial charge in [-0.05, 0) is 12.0 Å². The van der Waals surface area contributed by atoms with E-state index in [-0.39, 0.29) is 6.42 Å². The van der Waals surface area contributed by atoms with E-state index in [2.05, 4.69) is 0 Å². The Hall–Kier alpha value is -0.960. The fraction of sp³-hybridized carbons (Fsp3) is 0.222. The molecule has 1 aromatic carbocycles. The minimum Gasteiger partial charge on any atom is -0.481 e.